The minimum atomic E-state index is -0.0967. The topological polar surface area (TPSA) is 85.8 Å². The third kappa shape index (κ3) is 6.67. The first-order valence-electron chi connectivity index (χ1n) is 9.48. The summed E-state index contributed by atoms with van der Waals surface area (Å²) < 4.78 is 0. The van der Waals surface area contributed by atoms with E-state index in [1.54, 1.807) is 13.1 Å². The number of carbonyl (C=O) groups is 1. The molecular weight excluding hydrogens is 328 g/mol. The molecule has 0 fully saturated rings. The molecule has 0 saturated carbocycles. The van der Waals surface area contributed by atoms with Crippen LogP contribution in [0.25, 0.3) is 0 Å². The van der Waals surface area contributed by atoms with Crippen molar-refractivity contribution in [3.63, 3.8) is 0 Å². The van der Waals surface area contributed by atoms with Gasteiger partial charge >= 0.3 is 0 Å². The molecule has 0 aliphatic rings. The molecule has 26 heavy (non-hydrogen) atoms. The van der Waals surface area contributed by atoms with E-state index in [0.29, 0.717) is 12.1 Å². The van der Waals surface area contributed by atoms with Crippen LogP contribution in [0, 0.1) is 5.41 Å². The predicted octanol–water partition coefficient (Wildman–Crippen LogP) is 2.29. The van der Waals surface area contributed by atoms with Gasteiger partial charge in [0.25, 0.3) is 5.91 Å². The van der Waals surface area contributed by atoms with Crippen LogP contribution >= 0.6 is 0 Å². The first kappa shape index (κ1) is 22.0. The fraction of sp³-hybridized carbons (Fsp3) is 0.600. The maximum atomic E-state index is 11.8. The van der Waals surface area contributed by atoms with Gasteiger partial charge in [0.05, 0.1) is 6.54 Å². The van der Waals surface area contributed by atoms with E-state index in [9.17, 15) is 9.90 Å². The van der Waals surface area contributed by atoms with Crippen molar-refractivity contribution in [2.24, 2.45) is 10.4 Å². The van der Waals surface area contributed by atoms with Gasteiger partial charge in [-0.05, 0) is 49.3 Å². The number of amides is 1. The summed E-state index contributed by atoms with van der Waals surface area (Å²) in [5, 5.41) is 18.7. The summed E-state index contributed by atoms with van der Waals surface area (Å²) in [4.78, 5) is 16.4. The number of hydrogen-bond acceptors (Lipinski definition) is 3. The van der Waals surface area contributed by atoms with Gasteiger partial charge in [-0.3, -0.25) is 4.79 Å². The van der Waals surface area contributed by atoms with Crippen LogP contribution in [0.1, 0.15) is 56.0 Å². The van der Waals surface area contributed by atoms with Crippen molar-refractivity contribution in [2.45, 2.75) is 46.6 Å². The van der Waals surface area contributed by atoms with Crippen molar-refractivity contribution in [1.29, 1.82) is 0 Å². The smallest absolute Gasteiger partial charge is 0.251 e. The number of aliphatic imine (C=N–C) groups is 1. The van der Waals surface area contributed by atoms with Crippen molar-refractivity contribution < 1.29 is 9.90 Å². The Morgan fingerprint density at radius 3 is 2.50 bits per heavy atom. The maximum absolute atomic E-state index is 11.8. The van der Waals surface area contributed by atoms with Crippen LogP contribution in [-0.4, -0.2) is 43.7 Å². The molecule has 4 N–H and O–H groups in total. The van der Waals surface area contributed by atoms with E-state index in [-0.39, 0.29) is 17.9 Å². The molecule has 1 amide bonds. The van der Waals surface area contributed by atoms with Gasteiger partial charge in [-0.25, -0.2) is 4.99 Å². The number of guanidine groups is 1. The van der Waals surface area contributed by atoms with E-state index in [2.05, 4.69) is 34.8 Å². The molecule has 0 aliphatic carbocycles. The van der Waals surface area contributed by atoms with Crippen molar-refractivity contribution in [2.75, 3.05) is 26.7 Å². The van der Waals surface area contributed by atoms with Gasteiger partial charge in [-0.1, -0.05) is 26.0 Å². The summed E-state index contributed by atoms with van der Waals surface area (Å²) in [6.45, 7) is 8.59. The molecule has 6 heteroatoms. The van der Waals surface area contributed by atoms with Gasteiger partial charge in [-0.15, -0.1) is 0 Å². The van der Waals surface area contributed by atoms with E-state index in [4.69, 9.17) is 0 Å². The zero-order chi connectivity index (χ0) is 19.4. The van der Waals surface area contributed by atoms with Crippen LogP contribution in [0.4, 0.5) is 0 Å². The van der Waals surface area contributed by atoms with E-state index >= 15 is 0 Å². The highest BCUT2D eigenvalue weighted by molar-refractivity contribution is 5.94. The fourth-order valence-electron chi connectivity index (χ4n) is 2.92. The number of hydrogen-bond donors (Lipinski definition) is 4. The number of nitrogens with zero attached hydrogens (tertiary/aromatic N) is 1. The summed E-state index contributed by atoms with van der Waals surface area (Å²) in [6, 6.07) is 7.49. The van der Waals surface area contributed by atoms with Crippen LogP contribution in [-0.2, 0) is 6.54 Å². The number of benzene rings is 1. The Morgan fingerprint density at radius 1 is 1.19 bits per heavy atom. The minimum absolute atomic E-state index is 0.0735. The van der Waals surface area contributed by atoms with Gasteiger partial charge in [-0.2, -0.15) is 0 Å². The summed E-state index contributed by atoms with van der Waals surface area (Å²) in [5.41, 5.74) is 1.69. The quantitative estimate of drug-likeness (QED) is 0.380. The SMILES string of the molecule is CCNC(=NCc1cccc(C(=O)NC)c1)NCC(CC)(CC)CCO. The third-order valence-electron chi connectivity index (χ3n) is 4.95. The van der Waals surface area contributed by atoms with Crippen molar-refractivity contribution in [3.05, 3.63) is 35.4 Å². The molecule has 0 aromatic heterocycles. The van der Waals surface area contributed by atoms with Crippen molar-refractivity contribution >= 4 is 11.9 Å². The number of carbonyl (C=O) groups excluding carboxylic acids is 1. The Hall–Kier alpha value is -2.08. The third-order valence-corrected chi connectivity index (χ3v) is 4.95. The van der Waals surface area contributed by atoms with E-state index < -0.39 is 0 Å². The predicted molar refractivity (Wildman–Crippen MR) is 107 cm³/mol. The molecule has 0 heterocycles. The highest BCUT2D eigenvalue weighted by Gasteiger charge is 2.25. The second-order valence-corrected chi connectivity index (χ2v) is 6.51. The van der Waals surface area contributed by atoms with Crippen LogP contribution in [0.15, 0.2) is 29.3 Å². The Bertz CT molecular complexity index is 583. The molecule has 0 bridgehead atoms. The van der Waals surface area contributed by atoms with Crippen molar-refractivity contribution in [1.82, 2.24) is 16.0 Å². The lowest BCUT2D eigenvalue weighted by Gasteiger charge is -2.32. The number of rotatable bonds is 10. The second-order valence-electron chi connectivity index (χ2n) is 6.51. The Labute approximate surface area is 157 Å². The van der Waals surface area contributed by atoms with Crippen LogP contribution in [0.3, 0.4) is 0 Å². The lowest BCUT2D eigenvalue weighted by Crippen LogP contribution is -2.43. The minimum Gasteiger partial charge on any atom is -0.396 e. The lowest BCUT2D eigenvalue weighted by atomic mass is 9.79. The molecule has 0 spiro atoms. The van der Waals surface area contributed by atoms with Crippen LogP contribution in [0.5, 0.6) is 0 Å². The van der Waals surface area contributed by atoms with E-state index in [1.165, 1.54) is 0 Å². The lowest BCUT2D eigenvalue weighted by molar-refractivity contribution is 0.0963. The van der Waals surface area contributed by atoms with Gasteiger partial charge in [0.2, 0.25) is 0 Å². The molecule has 6 nitrogen and oxygen atoms in total. The summed E-state index contributed by atoms with van der Waals surface area (Å²) >= 11 is 0. The number of aliphatic hydroxyl groups is 1. The van der Waals surface area contributed by atoms with E-state index in [1.807, 2.05) is 25.1 Å². The van der Waals surface area contributed by atoms with Crippen LogP contribution in [0.2, 0.25) is 0 Å². The number of aliphatic hydroxyl groups excluding tert-OH is 1. The standard InChI is InChI=1S/C20H34N4O2/c1-5-20(6-2,11-12-25)15-24-19(22-7-3)23-14-16-9-8-10-17(13-16)18(26)21-4/h8-10,13,25H,5-7,11-12,14-15H2,1-4H3,(H,21,26)(H2,22,23,24). The van der Waals surface area contributed by atoms with Crippen molar-refractivity contribution in [3.8, 4) is 0 Å². The molecule has 0 unspecified atom stereocenters. The molecule has 146 valence electrons. The van der Waals surface area contributed by atoms with Gasteiger partial charge < -0.3 is 21.1 Å². The largest absolute Gasteiger partial charge is 0.396 e. The molecule has 0 radical (unpaired) electrons. The van der Waals surface area contributed by atoms with Gasteiger partial charge in [0.15, 0.2) is 5.96 Å². The first-order valence-corrected chi connectivity index (χ1v) is 9.48. The Kier molecular flexibility index (Phi) is 9.73. The Balaban J connectivity index is 2.81. The zero-order valence-electron chi connectivity index (χ0n) is 16.6. The second kappa shape index (κ2) is 11.5. The Morgan fingerprint density at radius 2 is 1.92 bits per heavy atom. The summed E-state index contributed by atoms with van der Waals surface area (Å²) in [6.07, 6.45) is 2.79. The maximum Gasteiger partial charge on any atom is 0.251 e. The average Bonchev–Trinajstić information content (AvgIpc) is 2.68. The zero-order valence-corrected chi connectivity index (χ0v) is 16.6. The fourth-order valence-corrected chi connectivity index (χ4v) is 2.92. The van der Waals surface area contributed by atoms with Crippen LogP contribution < -0.4 is 16.0 Å². The number of nitrogens with one attached hydrogen (secondary N) is 3. The van der Waals surface area contributed by atoms with Gasteiger partial charge in [0, 0.05) is 32.3 Å². The van der Waals surface area contributed by atoms with Gasteiger partial charge in [0.1, 0.15) is 0 Å². The molecule has 0 atom stereocenters. The van der Waals surface area contributed by atoms with E-state index in [0.717, 1.165) is 43.9 Å². The molecule has 0 aliphatic heterocycles. The summed E-state index contributed by atoms with van der Waals surface area (Å²) in [5.74, 6) is 0.655. The molecule has 1 rings (SSSR count). The molecule has 0 saturated heterocycles. The summed E-state index contributed by atoms with van der Waals surface area (Å²) in [7, 11) is 1.63. The first-order chi connectivity index (χ1) is 12.5. The average molecular weight is 363 g/mol. The monoisotopic (exact) mass is 362 g/mol. The highest BCUT2D eigenvalue weighted by atomic mass is 16.3. The molecule has 1 aromatic carbocycles. The highest BCUT2D eigenvalue weighted by Crippen LogP contribution is 2.29. The molecule has 1 aromatic rings. The normalized spacial score (nSPS) is 12.0. The molecular formula is C20H34N4O2.